The molecule has 1 unspecified atom stereocenters. The van der Waals surface area contributed by atoms with Crippen molar-refractivity contribution in [3.63, 3.8) is 0 Å². The first-order valence-corrected chi connectivity index (χ1v) is 7.07. The number of likely N-dealkylation sites (N-methyl/N-ethyl adjacent to an activating group) is 2. The molecule has 0 saturated carbocycles. The Balaban J connectivity index is 1.99. The smallest absolute Gasteiger partial charge is 0.234 e. The Morgan fingerprint density at radius 2 is 2.21 bits per heavy atom. The first-order chi connectivity index (χ1) is 9.24. The van der Waals surface area contributed by atoms with Gasteiger partial charge in [0.2, 0.25) is 5.91 Å². The molecule has 4 nitrogen and oxygen atoms in total. The maximum absolute atomic E-state index is 11.7. The van der Waals surface area contributed by atoms with E-state index in [1.165, 1.54) is 11.3 Å². The van der Waals surface area contributed by atoms with Crippen LogP contribution in [0.1, 0.15) is 19.4 Å². The van der Waals surface area contributed by atoms with Crippen molar-refractivity contribution in [2.45, 2.75) is 26.3 Å². The molecule has 0 bridgehead atoms. The lowest BCUT2D eigenvalue weighted by molar-refractivity contribution is -0.122. The fraction of sp³-hybridized carbons (Fsp3) is 0.533. The number of nitrogens with zero attached hydrogens (tertiary/aromatic N) is 1. The van der Waals surface area contributed by atoms with Crippen molar-refractivity contribution in [3.8, 4) is 0 Å². The normalized spacial score (nSPS) is 17.7. The van der Waals surface area contributed by atoms with Crippen molar-refractivity contribution in [2.24, 2.45) is 0 Å². The molecular weight excluding hydrogens is 238 g/mol. The van der Waals surface area contributed by atoms with Gasteiger partial charge in [0.15, 0.2) is 0 Å². The van der Waals surface area contributed by atoms with Crippen molar-refractivity contribution in [2.75, 3.05) is 31.5 Å². The van der Waals surface area contributed by atoms with Crippen LogP contribution in [0.4, 0.5) is 5.69 Å². The molecule has 0 spiro atoms. The highest BCUT2D eigenvalue weighted by Gasteiger charge is 2.24. The van der Waals surface area contributed by atoms with Crippen LogP contribution in [-0.4, -0.2) is 43.0 Å². The van der Waals surface area contributed by atoms with E-state index in [1.54, 1.807) is 0 Å². The Hall–Kier alpha value is -1.55. The quantitative estimate of drug-likeness (QED) is 0.844. The minimum absolute atomic E-state index is 0.114. The van der Waals surface area contributed by atoms with Crippen molar-refractivity contribution in [1.29, 1.82) is 0 Å². The molecule has 0 aliphatic carbocycles. The summed E-state index contributed by atoms with van der Waals surface area (Å²) in [7, 11) is 0. The van der Waals surface area contributed by atoms with Gasteiger partial charge >= 0.3 is 0 Å². The average Bonchev–Trinajstić information content (AvgIpc) is 2.44. The average molecular weight is 261 g/mol. The third kappa shape index (κ3) is 3.47. The Kier molecular flexibility index (Phi) is 4.80. The van der Waals surface area contributed by atoms with E-state index in [9.17, 15) is 4.79 Å². The number of benzene rings is 1. The number of nitrogens with one attached hydrogen (secondary N) is 2. The molecule has 1 aliphatic rings. The topological polar surface area (TPSA) is 44.4 Å². The van der Waals surface area contributed by atoms with E-state index in [2.05, 4.69) is 46.7 Å². The Morgan fingerprint density at radius 1 is 1.42 bits per heavy atom. The number of amides is 1. The van der Waals surface area contributed by atoms with Crippen molar-refractivity contribution >= 4 is 11.6 Å². The summed E-state index contributed by atoms with van der Waals surface area (Å²) in [4.78, 5) is 14.0. The molecular formula is C15H23N3O. The number of anilines is 1. The van der Waals surface area contributed by atoms with E-state index < -0.39 is 0 Å². The highest BCUT2D eigenvalue weighted by atomic mass is 16.2. The van der Waals surface area contributed by atoms with Gasteiger partial charge < -0.3 is 10.6 Å². The summed E-state index contributed by atoms with van der Waals surface area (Å²) in [6.45, 7) is 7.04. The van der Waals surface area contributed by atoms with Gasteiger partial charge in [0.1, 0.15) is 0 Å². The lowest BCUT2D eigenvalue weighted by Gasteiger charge is -2.34. The maximum Gasteiger partial charge on any atom is 0.234 e. The molecule has 0 fully saturated rings. The van der Waals surface area contributed by atoms with E-state index in [0.717, 1.165) is 19.5 Å². The second-order valence-electron chi connectivity index (χ2n) is 4.91. The van der Waals surface area contributed by atoms with Crippen molar-refractivity contribution in [3.05, 3.63) is 29.8 Å². The largest absolute Gasteiger partial charge is 0.383 e. The van der Waals surface area contributed by atoms with Gasteiger partial charge in [-0.25, -0.2) is 0 Å². The second-order valence-corrected chi connectivity index (χ2v) is 4.91. The van der Waals surface area contributed by atoms with E-state index in [-0.39, 0.29) is 5.91 Å². The van der Waals surface area contributed by atoms with E-state index >= 15 is 0 Å². The molecule has 2 rings (SSSR count). The maximum atomic E-state index is 11.7. The first-order valence-electron chi connectivity index (χ1n) is 7.07. The van der Waals surface area contributed by atoms with Crippen LogP contribution in [0, 0.1) is 0 Å². The van der Waals surface area contributed by atoms with Gasteiger partial charge in [-0.15, -0.1) is 0 Å². The standard InChI is InChI=1S/C15H23N3O/c1-3-16-15(19)11-18(4-2)13-9-12-7-5-6-8-14(12)17-10-13/h5-8,13,17H,3-4,9-11H2,1-2H3,(H,16,19). The monoisotopic (exact) mass is 261 g/mol. The highest BCUT2D eigenvalue weighted by Crippen LogP contribution is 2.23. The lowest BCUT2D eigenvalue weighted by atomic mass is 9.98. The van der Waals surface area contributed by atoms with E-state index in [0.29, 0.717) is 19.1 Å². The number of hydrogen-bond donors (Lipinski definition) is 2. The van der Waals surface area contributed by atoms with E-state index in [1.807, 2.05) is 6.92 Å². The zero-order valence-electron chi connectivity index (χ0n) is 11.8. The minimum Gasteiger partial charge on any atom is -0.383 e. The lowest BCUT2D eigenvalue weighted by Crippen LogP contribution is -2.48. The first kappa shape index (κ1) is 13.9. The molecule has 104 valence electrons. The van der Waals surface area contributed by atoms with Crippen molar-refractivity contribution in [1.82, 2.24) is 10.2 Å². The Morgan fingerprint density at radius 3 is 2.95 bits per heavy atom. The summed E-state index contributed by atoms with van der Waals surface area (Å²) < 4.78 is 0. The fourth-order valence-electron chi connectivity index (χ4n) is 2.62. The number of carbonyl (C=O) groups is 1. The molecule has 1 amide bonds. The van der Waals surface area contributed by atoms with Crippen molar-refractivity contribution < 1.29 is 4.79 Å². The number of carbonyl (C=O) groups excluding carboxylic acids is 1. The molecule has 4 heteroatoms. The molecule has 19 heavy (non-hydrogen) atoms. The van der Waals surface area contributed by atoms with Gasteiger partial charge in [-0.1, -0.05) is 25.1 Å². The molecule has 1 aromatic carbocycles. The molecule has 0 aromatic heterocycles. The van der Waals surface area contributed by atoms with Crippen LogP contribution in [-0.2, 0) is 11.2 Å². The van der Waals surface area contributed by atoms with Crippen LogP contribution in [0.3, 0.4) is 0 Å². The predicted molar refractivity (Wildman–Crippen MR) is 78.4 cm³/mol. The van der Waals surface area contributed by atoms with Crippen LogP contribution in [0.25, 0.3) is 0 Å². The number of para-hydroxylation sites is 1. The number of hydrogen-bond acceptors (Lipinski definition) is 3. The van der Waals surface area contributed by atoms with Gasteiger partial charge in [0.25, 0.3) is 0 Å². The second kappa shape index (κ2) is 6.57. The van der Waals surface area contributed by atoms with Crippen LogP contribution in [0.2, 0.25) is 0 Å². The molecule has 1 aromatic rings. The molecule has 1 aliphatic heterocycles. The zero-order valence-corrected chi connectivity index (χ0v) is 11.8. The summed E-state index contributed by atoms with van der Waals surface area (Å²) in [6.07, 6.45) is 1.01. The van der Waals surface area contributed by atoms with E-state index in [4.69, 9.17) is 0 Å². The fourth-order valence-corrected chi connectivity index (χ4v) is 2.62. The van der Waals surface area contributed by atoms with Gasteiger partial charge in [-0.05, 0) is 31.5 Å². The molecule has 1 heterocycles. The Labute approximate surface area is 115 Å². The van der Waals surface area contributed by atoms with Gasteiger partial charge in [-0.3, -0.25) is 9.69 Å². The SMILES string of the molecule is CCNC(=O)CN(CC)C1CNc2ccccc2C1. The number of rotatable bonds is 5. The van der Waals surface area contributed by atoms with Crippen LogP contribution >= 0.6 is 0 Å². The summed E-state index contributed by atoms with van der Waals surface area (Å²) >= 11 is 0. The van der Waals surface area contributed by atoms with Gasteiger partial charge in [0.05, 0.1) is 6.54 Å². The Bertz CT molecular complexity index is 433. The molecule has 0 radical (unpaired) electrons. The number of fused-ring (bicyclic) bond motifs is 1. The predicted octanol–water partition coefficient (Wildman–Crippen LogP) is 1.48. The third-order valence-corrected chi connectivity index (χ3v) is 3.64. The van der Waals surface area contributed by atoms with Gasteiger partial charge in [0, 0.05) is 24.8 Å². The van der Waals surface area contributed by atoms with Crippen LogP contribution in [0.15, 0.2) is 24.3 Å². The molecule has 2 N–H and O–H groups in total. The summed E-state index contributed by atoms with van der Waals surface area (Å²) in [5.74, 6) is 0.114. The van der Waals surface area contributed by atoms with Crippen LogP contribution in [0.5, 0.6) is 0 Å². The third-order valence-electron chi connectivity index (χ3n) is 3.64. The molecule has 1 atom stereocenters. The minimum atomic E-state index is 0.114. The summed E-state index contributed by atoms with van der Waals surface area (Å²) in [5.41, 5.74) is 2.57. The molecule has 0 saturated heterocycles. The van der Waals surface area contributed by atoms with Gasteiger partial charge in [-0.2, -0.15) is 0 Å². The summed E-state index contributed by atoms with van der Waals surface area (Å²) in [5, 5.41) is 6.33. The van der Waals surface area contributed by atoms with Crippen LogP contribution < -0.4 is 10.6 Å². The highest BCUT2D eigenvalue weighted by molar-refractivity contribution is 5.78. The zero-order chi connectivity index (χ0) is 13.7. The summed E-state index contributed by atoms with van der Waals surface area (Å²) in [6, 6.07) is 8.80.